The van der Waals surface area contributed by atoms with E-state index in [-0.39, 0.29) is 5.56 Å². The second-order valence-corrected chi connectivity index (χ2v) is 4.07. The molecule has 0 spiro atoms. The number of rotatable bonds is 2. The number of carbonyl (C=O) groups is 1. The molecule has 0 aliphatic carbocycles. The summed E-state index contributed by atoms with van der Waals surface area (Å²) in [5.41, 5.74) is -0.309. The highest BCUT2D eigenvalue weighted by atomic mass is 19.1. The van der Waals surface area contributed by atoms with Gasteiger partial charge >= 0.3 is 5.97 Å². The lowest BCUT2D eigenvalue weighted by Gasteiger charge is -2.16. The Labute approximate surface area is 87.7 Å². The minimum atomic E-state index is -0.634. The van der Waals surface area contributed by atoms with Crippen molar-refractivity contribution in [2.45, 2.75) is 26.4 Å². The molecule has 0 saturated carbocycles. The molecule has 1 aromatic rings. The molecule has 0 atom stereocenters. The van der Waals surface area contributed by atoms with Gasteiger partial charge < -0.3 is 0 Å². The van der Waals surface area contributed by atoms with E-state index in [9.17, 15) is 9.18 Å². The van der Waals surface area contributed by atoms with Crippen LogP contribution in [0, 0.1) is 5.82 Å². The third-order valence-corrected chi connectivity index (χ3v) is 1.45. The lowest BCUT2D eigenvalue weighted by Crippen LogP contribution is -2.21. The van der Waals surface area contributed by atoms with Gasteiger partial charge in [-0.1, -0.05) is 0 Å². The summed E-state index contributed by atoms with van der Waals surface area (Å²) in [7, 11) is 0. The topological polar surface area (TPSA) is 35.5 Å². The third kappa shape index (κ3) is 4.08. The first kappa shape index (κ1) is 11.7. The molecule has 0 saturated heterocycles. The summed E-state index contributed by atoms with van der Waals surface area (Å²) in [6.07, 6.45) is 0. The predicted molar refractivity (Wildman–Crippen MR) is 52.7 cm³/mol. The average Bonchev–Trinajstić information content (AvgIpc) is 2.14. The van der Waals surface area contributed by atoms with Crippen LogP contribution in [0.15, 0.2) is 24.3 Å². The fourth-order valence-corrected chi connectivity index (χ4v) is 0.797. The lowest BCUT2D eigenvalue weighted by atomic mass is 10.2. The molecule has 0 N–H and O–H groups in total. The van der Waals surface area contributed by atoms with Crippen molar-refractivity contribution >= 4 is 5.97 Å². The number of halogens is 1. The van der Waals surface area contributed by atoms with Gasteiger partial charge in [0.1, 0.15) is 11.4 Å². The summed E-state index contributed by atoms with van der Waals surface area (Å²) in [5, 5.41) is 0. The van der Waals surface area contributed by atoms with Crippen molar-refractivity contribution in [3.05, 3.63) is 35.6 Å². The molecule has 15 heavy (non-hydrogen) atoms. The van der Waals surface area contributed by atoms with E-state index in [4.69, 9.17) is 4.89 Å². The second-order valence-electron chi connectivity index (χ2n) is 4.07. The molecule has 0 heterocycles. The van der Waals surface area contributed by atoms with E-state index in [2.05, 4.69) is 4.89 Å². The number of benzene rings is 1. The van der Waals surface area contributed by atoms with Gasteiger partial charge in [-0.3, -0.25) is 4.89 Å². The highest BCUT2D eigenvalue weighted by Crippen LogP contribution is 2.10. The Morgan fingerprint density at radius 1 is 1.20 bits per heavy atom. The molecule has 0 bridgehead atoms. The van der Waals surface area contributed by atoms with Crippen molar-refractivity contribution in [1.82, 2.24) is 0 Å². The Bertz CT molecular complexity index is 338. The van der Waals surface area contributed by atoms with Crippen molar-refractivity contribution in [1.29, 1.82) is 0 Å². The normalized spacial score (nSPS) is 11.2. The summed E-state index contributed by atoms with van der Waals surface area (Å²) in [4.78, 5) is 20.7. The first-order chi connectivity index (χ1) is 6.88. The first-order valence-electron chi connectivity index (χ1n) is 4.54. The summed E-state index contributed by atoms with van der Waals surface area (Å²) in [6, 6.07) is 5.05. The maximum atomic E-state index is 12.5. The maximum absolute atomic E-state index is 12.5. The van der Waals surface area contributed by atoms with E-state index in [1.54, 1.807) is 20.8 Å². The zero-order valence-corrected chi connectivity index (χ0v) is 8.91. The maximum Gasteiger partial charge on any atom is 0.373 e. The molecule has 3 nitrogen and oxygen atoms in total. The number of carbonyl (C=O) groups excluding carboxylic acids is 1. The molecule has 4 heteroatoms. The summed E-state index contributed by atoms with van der Waals surface area (Å²) in [5.74, 6) is -1.03. The number of hydrogen-bond acceptors (Lipinski definition) is 3. The van der Waals surface area contributed by atoms with Crippen molar-refractivity contribution < 1.29 is 19.0 Å². The Morgan fingerprint density at radius 3 is 2.20 bits per heavy atom. The van der Waals surface area contributed by atoms with Gasteiger partial charge in [-0.05, 0) is 45.0 Å². The van der Waals surface area contributed by atoms with E-state index in [0.29, 0.717) is 0 Å². The fourth-order valence-electron chi connectivity index (χ4n) is 0.797. The Morgan fingerprint density at radius 2 is 1.73 bits per heavy atom. The van der Waals surface area contributed by atoms with Crippen LogP contribution in [-0.4, -0.2) is 11.6 Å². The molecule has 0 unspecified atom stereocenters. The Balaban J connectivity index is 2.58. The minimum absolute atomic E-state index is 0.251. The third-order valence-electron chi connectivity index (χ3n) is 1.45. The first-order valence-corrected chi connectivity index (χ1v) is 4.54. The molecular formula is C11H13FO3. The van der Waals surface area contributed by atoms with Gasteiger partial charge in [-0.2, -0.15) is 4.89 Å². The molecule has 0 fully saturated rings. The lowest BCUT2D eigenvalue weighted by molar-refractivity contribution is -0.301. The average molecular weight is 212 g/mol. The van der Waals surface area contributed by atoms with Gasteiger partial charge in [-0.15, -0.1) is 0 Å². The van der Waals surface area contributed by atoms with Crippen molar-refractivity contribution in [3.8, 4) is 0 Å². The molecule has 0 radical (unpaired) electrons. The largest absolute Gasteiger partial charge is 0.373 e. The van der Waals surface area contributed by atoms with Gasteiger partial charge in [0.05, 0.1) is 5.56 Å². The van der Waals surface area contributed by atoms with E-state index in [1.807, 2.05) is 0 Å². The van der Waals surface area contributed by atoms with Gasteiger partial charge in [0.25, 0.3) is 0 Å². The highest BCUT2D eigenvalue weighted by Gasteiger charge is 2.16. The molecule has 1 rings (SSSR count). The van der Waals surface area contributed by atoms with Gasteiger partial charge in [0.15, 0.2) is 0 Å². The van der Waals surface area contributed by atoms with Crippen LogP contribution in [0.4, 0.5) is 4.39 Å². The highest BCUT2D eigenvalue weighted by molar-refractivity contribution is 5.88. The van der Waals surface area contributed by atoms with Crippen molar-refractivity contribution in [2.24, 2.45) is 0 Å². The molecule has 0 aliphatic rings. The molecule has 0 aliphatic heterocycles. The van der Waals surface area contributed by atoms with Crippen LogP contribution >= 0.6 is 0 Å². The van der Waals surface area contributed by atoms with Gasteiger partial charge in [0.2, 0.25) is 0 Å². The van der Waals surface area contributed by atoms with E-state index in [0.717, 1.165) is 0 Å². The SMILES string of the molecule is CC(C)(C)OOC(=O)c1ccc(F)cc1. The Hall–Kier alpha value is -1.42. The molecule has 82 valence electrons. The van der Waals surface area contributed by atoms with Crippen molar-refractivity contribution in [3.63, 3.8) is 0 Å². The molecule has 1 aromatic carbocycles. The van der Waals surface area contributed by atoms with Crippen LogP contribution < -0.4 is 0 Å². The summed E-state index contributed by atoms with van der Waals surface area (Å²) < 4.78 is 12.5. The van der Waals surface area contributed by atoms with Crippen LogP contribution in [-0.2, 0) is 9.78 Å². The molecule has 0 amide bonds. The quantitative estimate of drug-likeness (QED) is 0.558. The Kier molecular flexibility index (Phi) is 3.42. The minimum Gasteiger partial charge on any atom is -0.292 e. The summed E-state index contributed by atoms with van der Waals surface area (Å²) in [6.45, 7) is 5.26. The second kappa shape index (κ2) is 4.40. The summed E-state index contributed by atoms with van der Waals surface area (Å²) >= 11 is 0. The zero-order chi connectivity index (χ0) is 11.5. The van der Waals surface area contributed by atoms with Crippen molar-refractivity contribution in [2.75, 3.05) is 0 Å². The van der Waals surface area contributed by atoms with Crippen LogP contribution in [0.25, 0.3) is 0 Å². The fraction of sp³-hybridized carbons (Fsp3) is 0.364. The zero-order valence-electron chi connectivity index (χ0n) is 8.91. The molecule has 0 aromatic heterocycles. The monoisotopic (exact) mass is 212 g/mol. The van der Waals surface area contributed by atoms with Crippen LogP contribution in [0.1, 0.15) is 31.1 Å². The number of hydrogen-bond donors (Lipinski definition) is 0. The van der Waals surface area contributed by atoms with Crippen LogP contribution in [0.2, 0.25) is 0 Å². The smallest absolute Gasteiger partial charge is 0.292 e. The predicted octanol–water partition coefficient (Wildman–Crippen LogP) is 2.71. The van der Waals surface area contributed by atoms with Crippen LogP contribution in [0.3, 0.4) is 0 Å². The standard InChI is InChI=1S/C11H13FO3/c1-11(2,3)15-14-10(13)8-4-6-9(12)7-5-8/h4-7H,1-3H3. The van der Waals surface area contributed by atoms with E-state index < -0.39 is 17.4 Å². The van der Waals surface area contributed by atoms with Crippen LogP contribution in [0.5, 0.6) is 0 Å². The van der Waals surface area contributed by atoms with E-state index >= 15 is 0 Å². The van der Waals surface area contributed by atoms with Gasteiger partial charge in [0, 0.05) is 0 Å². The van der Waals surface area contributed by atoms with Gasteiger partial charge in [-0.25, -0.2) is 9.18 Å². The molecular weight excluding hydrogens is 199 g/mol. The van der Waals surface area contributed by atoms with E-state index in [1.165, 1.54) is 24.3 Å².